The van der Waals surface area contributed by atoms with Crippen molar-refractivity contribution in [3.05, 3.63) is 0 Å². The highest BCUT2D eigenvalue weighted by atomic mass is 16.4. The molecule has 9 heteroatoms. The fourth-order valence-electron chi connectivity index (χ4n) is 3.54. The summed E-state index contributed by atoms with van der Waals surface area (Å²) in [5.74, 6) is -2.65. The predicted octanol–water partition coefficient (Wildman–Crippen LogP) is -0.494. The van der Waals surface area contributed by atoms with Gasteiger partial charge >= 0.3 is 11.9 Å². The monoisotopic (exact) mass is 355 g/mol. The standard InChI is InChI=1S/C16H25N3O6/c1-10(15(23)19-8-3-5-12(19)16(24)25)17-14(22)11-4-2-7-18(11)9-6-13(20)21/h10-12H,2-9H2,1H3,(H,17,22)(H,20,21)(H,24,25)/t10-,11-,12-/m0/s1. The van der Waals surface area contributed by atoms with Gasteiger partial charge in [-0.3, -0.25) is 19.3 Å². The first-order valence-electron chi connectivity index (χ1n) is 8.60. The molecular weight excluding hydrogens is 330 g/mol. The fraction of sp³-hybridized carbons (Fsp3) is 0.750. The first-order chi connectivity index (χ1) is 11.8. The van der Waals surface area contributed by atoms with Gasteiger partial charge < -0.3 is 20.4 Å². The molecule has 2 rings (SSSR count). The molecular formula is C16H25N3O6. The summed E-state index contributed by atoms with van der Waals surface area (Å²) in [5, 5.41) is 20.6. The number of carboxylic acids is 2. The Balaban J connectivity index is 1.91. The molecule has 2 amide bonds. The van der Waals surface area contributed by atoms with E-state index in [2.05, 4.69) is 5.32 Å². The van der Waals surface area contributed by atoms with Gasteiger partial charge in [0.2, 0.25) is 11.8 Å². The number of nitrogens with one attached hydrogen (secondary N) is 1. The Hall–Kier alpha value is -2.16. The Morgan fingerprint density at radius 2 is 1.72 bits per heavy atom. The van der Waals surface area contributed by atoms with Crippen molar-refractivity contribution in [2.45, 2.75) is 57.2 Å². The topological polar surface area (TPSA) is 127 Å². The third kappa shape index (κ3) is 4.68. The number of carboxylic acid groups (broad SMARTS) is 2. The molecule has 0 saturated carbocycles. The quantitative estimate of drug-likeness (QED) is 0.562. The van der Waals surface area contributed by atoms with E-state index in [1.807, 2.05) is 4.90 Å². The van der Waals surface area contributed by atoms with Crippen LogP contribution in [0, 0.1) is 0 Å². The van der Waals surface area contributed by atoms with E-state index in [9.17, 15) is 24.3 Å². The second kappa shape index (κ2) is 8.28. The Morgan fingerprint density at radius 1 is 1.08 bits per heavy atom. The van der Waals surface area contributed by atoms with Crippen molar-refractivity contribution in [3.8, 4) is 0 Å². The lowest BCUT2D eigenvalue weighted by Gasteiger charge is -2.28. The van der Waals surface area contributed by atoms with E-state index in [0.717, 1.165) is 6.42 Å². The Bertz CT molecular complexity index is 552. The van der Waals surface area contributed by atoms with Crippen LogP contribution in [0.3, 0.4) is 0 Å². The molecule has 0 aromatic rings. The van der Waals surface area contributed by atoms with Gasteiger partial charge in [-0.25, -0.2) is 4.79 Å². The summed E-state index contributed by atoms with van der Waals surface area (Å²) in [6.07, 6.45) is 2.44. The maximum atomic E-state index is 12.5. The minimum absolute atomic E-state index is 0.0354. The minimum atomic E-state index is -1.03. The van der Waals surface area contributed by atoms with Crippen molar-refractivity contribution in [1.82, 2.24) is 15.1 Å². The van der Waals surface area contributed by atoms with Gasteiger partial charge in [0.25, 0.3) is 0 Å². The lowest BCUT2D eigenvalue weighted by atomic mass is 10.1. The Morgan fingerprint density at radius 3 is 2.36 bits per heavy atom. The van der Waals surface area contributed by atoms with Crippen LogP contribution >= 0.6 is 0 Å². The summed E-state index contributed by atoms with van der Waals surface area (Å²) in [5.41, 5.74) is 0. The van der Waals surface area contributed by atoms with Gasteiger partial charge in [-0.15, -0.1) is 0 Å². The van der Waals surface area contributed by atoms with Crippen LogP contribution in [0.25, 0.3) is 0 Å². The van der Waals surface area contributed by atoms with Crippen molar-refractivity contribution >= 4 is 23.8 Å². The van der Waals surface area contributed by atoms with Gasteiger partial charge in [-0.05, 0) is 39.2 Å². The summed E-state index contributed by atoms with van der Waals surface area (Å²) in [7, 11) is 0. The summed E-state index contributed by atoms with van der Waals surface area (Å²) >= 11 is 0. The van der Waals surface area contributed by atoms with E-state index >= 15 is 0 Å². The molecule has 3 N–H and O–H groups in total. The summed E-state index contributed by atoms with van der Waals surface area (Å²) in [6.45, 7) is 2.88. The number of hydrogen-bond donors (Lipinski definition) is 3. The maximum absolute atomic E-state index is 12.5. The number of hydrogen-bond acceptors (Lipinski definition) is 5. The molecule has 9 nitrogen and oxygen atoms in total. The molecule has 2 saturated heterocycles. The summed E-state index contributed by atoms with van der Waals surface area (Å²) < 4.78 is 0. The molecule has 0 radical (unpaired) electrons. The smallest absolute Gasteiger partial charge is 0.326 e. The summed E-state index contributed by atoms with van der Waals surface area (Å²) in [4.78, 5) is 50.0. The molecule has 25 heavy (non-hydrogen) atoms. The maximum Gasteiger partial charge on any atom is 0.326 e. The average Bonchev–Trinajstić information content (AvgIpc) is 3.20. The molecule has 0 spiro atoms. The molecule has 0 aromatic heterocycles. The van der Waals surface area contributed by atoms with Crippen LogP contribution in [0.4, 0.5) is 0 Å². The predicted molar refractivity (Wildman–Crippen MR) is 86.8 cm³/mol. The van der Waals surface area contributed by atoms with Gasteiger partial charge in [0.05, 0.1) is 12.5 Å². The van der Waals surface area contributed by atoms with Gasteiger partial charge in [0.1, 0.15) is 12.1 Å². The fourth-order valence-corrected chi connectivity index (χ4v) is 3.54. The molecule has 140 valence electrons. The second-order valence-electron chi connectivity index (χ2n) is 6.60. The van der Waals surface area contributed by atoms with Gasteiger partial charge in [-0.1, -0.05) is 0 Å². The zero-order valence-electron chi connectivity index (χ0n) is 14.3. The van der Waals surface area contributed by atoms with Crippen molar-refractivity contribution in [1.29, 1.82) is 0 Å². The highest BCUT2D eigenvalue weighted by Gasteiger charge is 2.37. The van der Waals surface area contributed by atoms with E-state index in [1.54, 1.807) is 6.92 Å². The zero-order chi connectivity index (χ0) is 18.6. The van der Waals surface area contributed by atoms with Crippen LogP contribution in [0.2, 0.25) is 0 Å². The van der Waals surface area contributed by atoms with E-state index in [-0.39, 0.29) is 12.3 Å². The number of likely N-dealkylation sites (tertiary alicyclic amines) is 2. The molecule has 2 aliphatic heterocycles. The van der Waals surface area contributed by atoms with Crippen LogP contribution in [0.1, 0.15) is 39.0 Å². The first kappa shape index (κ1) is 19.2. The zero-order valence-corrected chi connectivity index (χ0v) is 14.3. The minimum Gasteiger partial charge on any atom is -0.481 e. The molecule has 0 bridgehead atoms. The van der Waals surface area contributed by atoms with Crippen molar-refractivity contribution in [3.63, 3.8) is 0 Å². The van der Waals surface area contributed by atoms with Crippen LogP contribution in [-0.2, 0) is 19.2 Å². The average molecular weight is 355 g/mol. The molecule has 2 fully saturated rings. The van der Waals surface area contributed by atoms with Crippen LogP contribution in [-0.4, -0.2) is 81.5 Å². The van der Waals surface area contributed by atoms with Gasteiger partial charge in [-0.2, -0.15) is 0 Å². The number of aliphatic carboxylic acids is 2. The van der Waals surface area contributed by atoms with Gasteiger partial charge in [0.15, 0.2) is 0 Å². The SMILES string of the molecule is C[C@H](NC(=O)[C@@H]1CCCN1CCC(=O)O)C(=O)N1CCC[C@H]1C(=O)O. The third-order valence-corrected chi connectivity index (χ3v) is 4.83. The largest absolute Gasteiger partial charge is 0.481 e. The van der Waals surface area contributed by atoms with Crippen molar-refractivity contribution < 1.29 is 29.4 Å². The summed E-state index contributed by atoms with van der Waals surface area (Å²) in [6, 6.07) is -2.08. The molecule has 2 aliphatic rings. The molecule has 0 aromatic carbocycles. The van der Waals surface area contributed by atoms with Crippen LogP contribution in [0.5, 0.6) is 0 Å². The lowest BCUT2D eigenvalue weighted by molar-refractivity contribution is -0.149. The van der Waals surface area contributed by atoms with E-state index in [0.29, 0.717) is 38.9 Å². The van der Waals surface area contributed by atoms with Crippen LogP contribution in [0.15, 0.2) is 0 Å². The van der Waals surface area contributed by atoms with Crippen LogP contribution < -0.4 is 5.32 Å². The highest BCUT2D eigenvalue weighted by molar-refractivity contribution is 5.92. The Labute approximate surface area is 146 Å². The van der Waals surface area contributed by atoms with Crippen molar-refractivity contribution in [2.75, 3.05) is 19.6 Å². The Kier molecular flexibility index (Phi) is 6.35. The lowest BCUT2D eigenvalue weighted by Crippen LogP contribution is -2.53. The number of carbonyl (C=O) groups is 4. The molecule has 2 heterocycles. The third-order valence-electron chi connectivity index (χ3n) is 4.83. The number of carbonyl (C=O) groups excluding carboxylic acids is 2. The molecule has 3 atom stereocenters. The molecule has 0 unspecified atom stereocenters. The normalized spacial score (nSPS) is 24.9. The van der Waals surface area contributed by atoms with E-state index in [4.69, 9.17) is 5.11 Å². The number of nitrogens with zero attached hydrogens (tertiary/aromatic N) is 2. The second-order valence-corrected chi connectivity index (χ2v) is 6.60. The molecule has 0 aliphatic carbocycles. The first-order valence-corrected chi connectivity index (χ1v) is 8.60. The number of rotatable bonds is 7. The highest BCUT2D eigenvalue weighted by Crippen LogP contribution is 2.20. The van der Waals surface area contributed by atoms with Gasteiger partial charge in [0, 0.05) is 13.1 Å². The number of amides is 2. The van der Waals surface area contributed by atoms with E-state index in [1.165, 1.54) is 4.90 Å². The van der Waals surface area contributed by atoms with E-state index < -0.39 is 36.0 Å². The van der Waals surface area contributed by atoms with Crippen molar-refractivity contribution in [2.24, 2.45) is 0 Å².